The van der Waals surface area contributed by atoms with Crippen LogP contribution >= 0.6 is 0 Å². The highest BCUT2D eigenvalue weighted by Gasteiger charge is 2.18. The van der Waals surface area contributed by atoms with Crippen molar-refractivity contribution in [1.82, 2.24) is 0 Å². The second-order valence-electron chi connectivity index (χ2n) is 14.4. The van der Waals surface area contributed by atoms with Crippen LogP contribution in [0.15, 0.2) is 0 Å². The van der Waals surface area contributed by atoms with Crippen LogP contribution in [-0.2, 0) is 89.0 Å². The molecule has 0 fully saturated rings. The number of hydrogen-bond acceptors (Lipinski definition) is 9. The first-order chi connectivity index (χ1) is 26.4. The van der Waals surface area contributed by atoms with Gasteiger partial charge in [-0.1, -0.05) is 0 Å². The van der Waals surface area contributed by atoms with Crippen LogP contribution in [0.2, 0.25) is 0 Å². The van der Waals surface area contributed by atoms with Crippen LogP contribution in [0, 0.1) is 76.2 Å². The SMILES string of the molecule is CC(=O)OCc1c(C)c(C)c(COC(C)=O)c(C)c1C.CCOCc1c(C)c(C)c(C)c(COCC)c1C.COCc1c(C)c(COC)c(C)c(COC)c1C. The monoisotopic (exact) mass is 781 g/mol. The first-order valence-corrected chi connectivity index (χ1v) is 19.5. The lowest BCUT2D eigenvalue weighted by molar-refractivity contribution is -0.143. The summed E-state index contributed by atoms with van der Waals surface area (Å²) >= 11 is 0. The van der Waals surface area contributed by atoms with Crippen molar-refractivity contribution in [3.63, 3.8) is 0 Å². The van der Waals surface area contributed by atoms with Gasteiger partial charge in [-0.3, -0.25) is 9.59 Å². The minimum Gasteiger partial charge on any atom is -0.461 e. The van der Waals surface area contributed by atoms with Crippen LogP contribution in [0.5, 0.6) is 0 Å². The Balaban J connectivity index is 0.000000421. The van der Waals surface area contributed by atoms with Gasteiger partial charge in [0.15, 0.2) is 0 Å². The van der Waals surface area contributed by atoms with Gasteiger partial charge in [-0.2, -0.15) is 0 Å². The number of carbonyl (C=O) groups is 2. The Morgan fingerprint density at radius 2 is 0.554 bits per heavy atom. The van der Waals surface area contributed by atoms with Crippen molar-refractivity contribution in [2.45, 2.75) is 150 Å². The van der Waals surface area contributed by atoms with E-state index in [4.69, 9.17) is 33.2 Å². The molecule has 0 amide bonds. The van der Waals surface area contributed by atoms with E-state index in [0.717, 1.165) is 46.6 Å². The molecular weight excluding hydrogens is 709 g/mol. The molecule has 0 aromatic heterocycles. The summed E-state index contributed by atoms with van der Waals surface area (Å²) in [5.41, 5.74) is 22.0. The molecule has 0 unspecified atom stereocenters. The van der Waals surface area contributed by atoms with Crippen molar-refractivity contribution in [3.8, 4) is 0 Å². The molecule has 0 aliphatic rings. The van der Waals surface area contributed by atoms with E-state index in [-0.39, 0.29) is 25.2 Å². The van der Waals surface area contributed by atoms with Crippen LogP contribution < -0.4 is 0 Å². The lowest BCUT2D eigenvalue weighted by atomic mass is 9.89. The zero-order valence-corrected chi connectivity index (χ0v) is 38.0. The van der Waals surface area contributed by atoms with Gasteiger partial charge < -0.3 is 33.2 Å². The first kappa shape index (κ1) is 50.4. The Hall–Kier alpha value is -3.60. The van der Waals surface area contributed by atoms with Gasteiger partial charge in [0.2, 0.25) is 0 Å². The van der Waals surface area contributed by atoms with Crippen LogP contribution in [0.4, 0.5) is 0 Å². The lowest BCUT2D eigenvalue weighted by Crippen LogP contribution is -2.10. The highest BCUT2D eigenvalue weighted by molar-refractivity contribution is 5.67. The van der Waals surface area contributed by atoms with Crippen molar-refractivity contribution < 1.29 is 42.7 Å². The van der Waals surface area contributed by atoms with Gasteiger partial charge in [0, 0.05) is 48.4 Å². The summed E-state index contributed by atoms with van der Waals surface area (Å²) in [6.45, 7) is 35.4. The summed E-state index contributed by atoms with van der Waals surface area (Å²) in [6.07, 6.45) is 0. The number of rotatable bonds is 16. The van der Waals surface area contributed by atoms with Gasteiger partial charge >= 0.3 is 11.9 Å². The number of esters is 2. The smallest absolute Gasteiger partial charge is 0.302 e. The van der Waals surface area contributed by atoms with Crippen molar-refractivity contribution in [2.75, 3.05) is 34.5 Å². The topological polar surface area (TPSA) is 98.8 Å². The molecule has 56 heavy (non-hydrogen) atoms. The summed E-state index contributed by atoms with van der Waals surface area (Å²) in [7, 11) is 5.18. The number of ether oxygens (including phenoxy) is 7. The predicted molar refractivity (Wildman–Crippen MR) is 225 cm³/mol. The summed E-state index contributed by atoms with van der Waals surface area (Å²) in [5.74, 6) is -0.578. The maximum atomic E-state index is 11.0. The fraction of sp³-hybridized carbons (Fsp3) is 0.574. The van der Waals surface area contributed by atoms with E-state index < -0.39 is 0 Å². The zero-order chi connectivity index (χ0) is 42.9. The second-order valence-corrected chi connectivity index (χ2v) is 14.4. The summed E-state index contributed by atoms with van der Waals surface area (Å²) in [5, 5.41) is 0. The molecule has 0 aliphatic heterocycles. The van der Waals surface area contributed by atoms with E-state index in [2.05, 4.69) is 48.5 Å². The summed E-state index contributed by atoms with van der Waals surface area (Å²) < 4.78 is 37.4. The molecule has 0 saturated heterocycles. The Morgan fingerprint density at radius 3 is 0.768 bits per heavy atom. The third kappa shape index (κ3) is 13.5. The van der Waals surface area contributed by atoms with E-state index in [1.165, 1.54) is 80.6 Å². The lowest BCUT2D eigenvalue weighted by Gasteiger charge is -2.21. The molecule has 9 heteroatoms. The normalized spacial score (nSPS) is 10.8. The molecule has 3 aromatic rings. The van der Waals surface area contributed by atoms with E-state index in [0.29, 0.717) is 33.0 Å². The predicted octanol–water partition coefficient (Wildman–Crippen LogP) is 10.1. The number of carbonyl (C=O) groups excluding carboxylic acids is 2. The molecule has 0 saturated carbocycles. The molecule has 0 aliphatic carbocycles. The molecular formula is C47H72O9. The van der Waals surface area contributed by atoms with Gasteiger partial charge in [-0.05, 0) is 190 Å². The third-order valence-electron chi connectivity index (χ3n) is 11.2. The highest BCUT2D eigenvalue weighted by Crippen LogP contribution is 2.31. The average molecular weight is 781 g/mol. The largest absolute Gasteiger partial charge is 0.461 e. The van der Waals surface area contributed by atoms with Crippen LogP contribution in [-0.4, -0.2) is 46.5 Å². The highest BCUT2D eigenvalue weighted by atomic mass is 16.5. The molecule has 3 rings (SSSR count). The summed E-state index contributed by atoms with van der Waals surface area (Å²) in [4.78, 5) is 21.9. The minimum absolute atomic E-state index is 0.280. The van der Waals surface area contributed by atoms with Gasteiger partial charge in [-0.25, -0.2) is 0 Å². The second kappa shape index (κ2) is 24.9. The van der Waals surface area contributed by atoms with Crippen LogP contribution in [0.1, 0.15) is 128 Å². The van der Waals surface area contributed by atoms with E-state index in [1.807, 2.05) is 41.5 Å². The summed E-state index contributed by atoms with van der Waals surface area (Å²) in [6, 6.07) is 0. The Kier molecular flexibility index (Phi) is 22.4. The number of methoxy groups -OCH3 is 3. The third-order valence-corrected chi connectivity index (χ3v) is 11.2. The molecule has 0 N–H and O–H groups in total. The number of hydrogen-bond donors (Lipinski definition) is 0. The fourth-order valence-corrected chi connectivity index (χ4v) is 7.04. The average Bonchev–Trinajstić information content (AvgIpc) is 3.15. The molecule has 0 heterocycles. The van der Waals surface area contributed by atoms with Gasteiger partial charge in [0.1, 0.15) is 13.2 Å². The van der Waals surface area contributed by atoms with Gasteiger partial charge in [0.05, 0.1) is 33.0 Å². The quantitative estimate of drug-likeness (QED) is 0.132. The van der Waals surface area contributed by atoms with Crippen LogP contribution in [0.25, 0.3) is 0 Å². The van der Waals surface area contributed by atoms with Crippen molar-refractivity contribution >= 4 is 11.9 Å². The zero-order valence-electron chi connectivity index (χ0n) is 38.0. The van der Waals surface area contributed by atoms with Crippen molar-refractivity contribution in [2.24, 2.45) is 0 Å². The van der Waals surface area contributed by atoms with Crippen molar-refractivity contribution in [3.05, 3.63) is 100 Å². The molecule has 3 aromatic carbocycles. The minimum atomic E-state index is -0.289. The Morgan fingerprint density at radius 1 is 0.339 bits per heavy atom. The molecule has 0 spiro atoms. The maximum Gasteiger partial charge on any atom is 0.302 e. The molecule has 0 bridgehead atoms. The fourth-order valence-electron chi connectivity index (χ4n) is 7.04. The molecule has 0 radical (unpaired) electrons. The van der Waals surface area contributed by atoms with Gasteiger partial charge in [-0.15, -0.1) is 0 Å². The van der Waals surface area contributed by atoms with Gasteiger partial charge in [0.25, 0.3) is 0 Å². The molecule has 314 valence electrons. The number of benzene rings is 3. The molecule has 9 nitrogen and oxygen atoms in total. The van der Waals surface area contributed by atoms with Crippen molar-refractivity contribution in [1.29, 1.82) is 0 Å². The van der Waals surface area contributed by atoms with E-state index in [9.17, 15) is 9.59 Å². The standard InChI is InChI=1S/C16H22O4.C16H26O2.C15H24O3/c1-9-10(2)16(8-20-14(6)18)12(4)11(3)15(9)7-19-13(5)17;1-7-17-9-15-12(4)11(3)13(5)16(14(15)6)10-18-8-2;1-10-13(7-16-4)11(2)15(9-18-6)12(3)14(10)8-17-5/h7-8H2,1-6H3;7-10H2,1-6H3;7-9H2,1-6H3. The van der Waals surface area contributed by atoms with Crippen LogP contribution in [0.3, 0.4) is 0 Å². The Bertz CT molecular complexity index is 1570. The Labute approximate surface area is 338 Å². The first-order valence-electron chi connectivity index (χ1n) is 19.5. The van der Waals surface area contributed by atoms with E-state index in [1.54, 1.807) is 21.3 Å². The van der Waals surface area contributed by atoms with E-state index >= 15 is 0 Å². The molecule has 0 atom stereocenters. The maximum absolute atomic E-state index is 11.0.